The van der Waals surface area contributed by atoms with Gasteiger partial charge in [-0.05, 0) is 25.0 Å². The van der Waals surface area contributed by atoms with Crippen LogP contribution in [0.25, 0.3) is 0 Å². The van der Waals surface area contributed by atoms with E-state index < -0.39 is 0 Å². The molecule has 20 heavy (non-hydrogen) atoms. The van der Waals surface area contributed by atoms with E-state index >= 15 is 0 Å². The first-order valence-electron chi connectivity index (χ1n) is 8.05. The predicted octanol–water partition coefficient (Wildman–Crippen LogP) is 2.99. The van der Waals surface area contributed by atoms with Crippen LogP contribution in [0.3, 0.4) is 0 Å². The van der Waals surface area contributed by atoms with Crippen LogP contribution in [-0.4, -0.2) is 32.2 Å². The lowest BCUT2D eigenvalue weighted by atomic mass is 9.86. The molecule has 110 valence electrons. The molecule has 0 atom stereocenters. The molecule has 0 unspecified atom stereocenters. The number of hydrogen-bond donors (Lipinski definition) is 1. The molecule has 1 saturated carbocycles. The van der Waals surface area contributed by atoms with Gasteiger partial charge < -0.3 is 15.5 Å². The Bertz CT molecular complexity index is 449. The zero-order valence-corrected chi connectivity index (χ0v) is 12.6. The second kappa shape index (κ2) is 5.65. The van der Waals surface area contributed by atoms with E-state index in [1.54, 1.807) is 0 Å². The minimum atomic E-state index is 0.188. The lowest BCUT2D eigenvalue weighted by Crippen LogP contribution is -2.57. The summed E-state index contributed by atoms with van der Waals surface area (Å²) in [6, 6.07) is 8.81. The van der Waals surface area contributed by atoms with Crippen molar-refractivity contribution in [2.75, 3.05) is 36.5 Å². The molecule has 0 spiro atoms. The predicted molar refractivity (Wildman–Crippen MR) is 86.5 cm³/mol. The standard InChI is InChI=1S/C17H27N3/c1-19-12-13-20(16-9-5-4-8-15(16)19)17(14-18)10-6-2-3-7-11-17/h4-5,8-9H,2-3,6-7,10-14,18H2,1H3. The second-order valence-corrected chi connectivity index (χ2v) is 6.40. The first-order chi connectivity index (χ1) is 9.77. The topological polar surface area (TPSA) is 32.5 Å². The molecular formula is C17H27N3. The normalized spacial score (nSPS) is 22.3. The second-order valence-electron chi connectivity index (χ2n) is 6.40. The van der Waals surface area contributed by atoms with Crippen molar-refractivity contribution < 1.29 is 0 Å². The van der Waals surface area contributed by atoms with Crippen LogP contribution in [0.5, 0.6) is 0 Å². The van der Waals surface area contributed by atoms with Gasteiger partial charge in [0.2, 0.25) is 0 Å². The molecule has 1 fully saturated rings. The molecule has 0 aromatic heterocycles. The van der Waals surface area contributed by atoms with Gasteiger partial charge in [-0.3, -0.25) is 0 Å². The maximum atomic E-state index is 6.28. The molecule has 1 aliphatic carbocycles. The van der Waals surface area contributed by atoms with E-state index in [0.717, 1.165) is 19.6 Å². The van der Waals surface area contributed by atoms with Gasteiger partial charge >= 0.3 is 0 Å². The van der Waals surface area contributed by atoms with Crippen LogP contribution in [0.4, 0.5) is 11.4 Å². The Kier molecular flexibility index (Phi) is 3.88. The van der Waals surface area contributed by atoms with Crippen LogP contribution in [0.2, 0.25) is 0 Å². The summed E-state index contributed by atoms with van der Waals surface area (Å²) in [5, 5.41) is 0. The quantitative estimate of drug-likeness (QED) is 0.841. The third kappa shape index (κ3) is 2.28. The smallest absolute Gasteiger partial charge is 0.0609 e. The Hall–Kier alpha value is -1.22. The van der Waals surface area contributed by atoms with Crippen molar-refractivity contribution in [3.8, 4) is 0 Å². The maximum Gasteiger partial charge on any atom is 0.0609 e. The molecule has 1 aromatic rings. The van der Waals surface area contributed by atoms with E-state index in [-0.39, 0.29) is 5.54 Å². The van der Waals surface area contributed by atoms with Crippen LogP contribution in [0.1, 0.15) is 38.5 Å². The van der Waals surface area contributed by atoms with Gasteiger partial charge in [0.15, 0.2) is 0 Å². The lowest BCUT2D eigenvalue weighted by Gasteiger charge is -2.49. The number of para-hydroxylation sites is 2. The maximum absolute atomic E-state index is 6.28. The van der Waals surface area contributed by atoms with E-state index in [9.17, 15) is 0 Å². The number of nitrogens with two attached hydrogens (primary N) is 1. The van der Waals surface area contributed by atoms with Crippen molar-refractivity contribution in [2.24, 2.45) is 5.73 Å². The van der Waals surface area contributed by atoms with Gasteiger partial charge in [-0.2, -0.15) is 0 Å². The van der Waals surface area contributed by atoms with Crippen LogP contribution >= 0.6 is 0 Å². The lowest BCUT2D eigenvalue weighted by molar-refractivity contribution is 0.345. The van der Waals surface area contributed by atoms with Crippen LogP contribution in [0, 0.1) is 0 Å². The summed E-state index contributed by atoms with van der Waals surface area (Å²) in [6.45, 7) is 2.98. The molecule has 2 N–H and O–H groups in total. The Labute approximate surface area is 122 Å². The minimum Gasteiger partial charge on any atom is -0.371 e. The zero-order chi connectivity index (χ0) is 14.0. The third-order valence-corrected chi connectivity index (χ3v) is 5.23. The van der Waals surface area contributed by atoms with E-state index in [4.69, 9.17) is 5.73 Å². The van der Waals surface area contributed by atoms with Gasteiger partial charge in [-0.1, -0.05) is 37.8 Å². The van der Waals surface area contributed by atoms with Gasteiger partial charge in [-0.15, -0.1) is 0 Å². The summed E-state index contributed by atoms with van der Waals surface area (Å²) >= 11 is 0. The SMILES string of the molecule is CN1CCN(C2(CN)CCCCCC2)c2ccccc21. The van der Waals surface area contributed by atoms with Gasteiger partial charge in [0, 0.05) is 26.7 Å². The van der Waals surface area contributed by atoms with Crippen LogP contribution in [-0.2, 0) is 0 Å². The van der Waals surface area contributed by atoms with Gasteiger partial charge in [0.25, 0.3) is 0 Å². The highest BCUT2D eigenvalue weighted by molar-refractivity contribution is 5.74. The molecular weight excluding hydrogens is 246 g/mol. The van der Waals surface area contributed by atoms with Crippen molar-refractivity contribution in [3.63, 3.8) is 0 Å². The first-order valence-corrected chi connectivity index (χ1v) is 8.05. The number of nitrogens with zero attached hydrogens (tertiary/aromatic N) is 2. The fourth-order valence-electron chi connectivity index (χ4n) is 3.97. The number of likely N-dealkylation sites (N-methyl/N-ethyl adjacent to an activating group) is 1. The Balaban J connectivity index is 1.98. The van der Waals surface area contributed by atoms with Gasteiger partial charge in [-0.25, -0.2) is 0 Å². The van der Waals surface area contributed by atoms with Crippen LogP contribution in [0.15, 0.2) is 24.3 Å². The van der Waals surface area contributed by atoms with E-state index in [0.29, 0.717) is 0 Å². The molecule has 0 bridgehead atoms. The molecule has 0 radical (unpaired) electrons. The Morgan fingerprint density at radius 1 is 1.00 bits per heavy atom. The Morgan fingerprint density at radius 3 is 2.30 bits per heavy atom. The molecule has 1 aliphatic heterocycles. The number of anilines is 2. The van der Waals surface area contributed by atoms with Crippen LogP contribution < -0.4 is 15.5 Å². The minimum absolute atomic E-state index is 0.188. The van der Waals surface area contributed by atoms with Crippen molar-refractivity contribution in [1.82, 2.24) is 0 Å². The number of rotatable bonds is 2. The Morgan fingerprint density at radius 2 is 1.65 bits per heavy atom. The molecule has 1 aromatic carbocycles. The first kappa shape index (κ1) is 13.7. The molecule has 3 rings (SSSR count). The van der Waals surface area contributed by atoms with Crippen molar-refractivity contribution >= 4 is 11.4 Å². The molecule has 3 heteroatoms. The largest absolute Gasteiger partial charge is 0.371 e. The van der Waals surface area contributed by atoms with E-state index in [1.165, 1.54) is 49.9 Å². The molecule has 0 amide bonds. The monoisotopic (exact) mass is 273 g/mol. The third-order valence-electron chi connectivity index (χ3n) is 5.23. The van der Waals surface area contributed by atoms with Gasteiger partial charge in [0.1, 0.15) is 0 Å². The average molecular weight is 273 g/mol. The summed E-state index contributed by atoms with van der Waals surface area (Å²) < 4.78 is 0. The van der Waals surface area contributed by atoms with E-state index in [2.05, 4.69) is 41.1 Å². The summed E-state index contributed by atoms with van der Waals surface area (Å²) in [4.78, 5) is 5.00. The molecule has 0 saturated heterocycles. The summed E-state index contributed by atoms with van der Waals surface area (Å²) in [6.07, 6.45) is 7.90. The summed E-state index contributed by atoms with van der Waals surface area (Å²) in [5.41, 5.74) is 9.20. The van der Waals surface area contributed by atoms with E-state index in [1.807, 2.05) is 0 Å². The van der Waals surface area contributed by atoms with Crippen molar-refractivity contribution in [2.45, 2.75) is 44.1 Å². The highest BCUT2D eigenvalue weighted by atomic mass is 15.3. The van der Waals surface area contributed by atoms with Crippen molar-refractivity contribution in [3.05, 3.63) is 24.3 Å². The molecule has 1 heterocycles. The fourth-order valence-corrected chi connectivity index (χ4v) is 3.97. The number of hydrogen-bond acceptors (Lipinski definition) is 3. The molecule has 3 nitrogen and oxygen atoms in total. The van der Waals surface area contributed by atoms with Crippen molar-refractivity contribution in [1.29, 1.82) is 0 Å². The number of benzene rings is 1. The summed E-state index contributed by atoms with van der Waals surface area (Å²) in [7, 11) is 2.19. The molecule has 2 aliphatic rings. The van der Waals surface area contributed by atoms with Gasteiger partial charge in [0.05, 0.1) is 16.9 Å². The zero-order valence-electron chi connectivity index (χ0n) is 12.6. The fraction of sp³-hybridized carbons (Fsp3) is 0.647. The number of fused-ring (bicyclic) bond motifs is 1. The summed E-state index contributed by atoms with van der Waals surface area (Å²) in [5.74, 6) is 0. The highest BCUT2D eigenvalue weighted by Crippen LogP contribution is 2.41. The average Bonchev–Trinajstić information content (AvgIpc) is 2.74. The highest BCUT2D eigenvalue weighted by Gasteiger charge is 2.38.